The van der Waals surface area contributed by atoms with E-state index in [-0.39, 0.29) is 5.75 Å². The Kier molecular flexibility index (Phi) is 5.82. The summed E-state index contributed by atoms with van der Waals surface area (Å²) in [6, 6.07) is 12.3. The summed E-state index contributed by atoms with van der Waals surface area (Å²) in [6.45, 7) is 5.65. The molecule has 150 valence electrons. The Morgan fingerprint density at radius 2 is 1.86 bits per heavy atom. The Bertz CT molecular complexity index is 821. The first-order valence-electron chi connectivity index (χ1n) is 9.23. The first kappa shape index (κ1) is 20.0. The summed E-state index contributed by atoms with van der Waals surface area (Å²) >= 11 is 0. The van der Waals surface area contributed by atoms with E-state index in [9.17, 15) is 18.0 Å². The van der Waals surface area contributed by atoms with Gasteiger partial charge < -0.3 is 15.0 Å². The fourth-order valence-electron chi connectivity index (χ4n) is 3.22. The Morgan fingerprint density at radius 1 is 1.18 bits per heavy atom. The Balaban J connectivity index is 1.62. The predicted molar refractivity (Wildman–Crippen MR) is 103 cm³/mol. The molecule has 2 aromatic rings. The van der Waals surface area contributed by atoms with Crippen LogP contribution in [0.2, 0.25) is 0 Å². The van der Waals surface area contributed by atoms with Crippen molar-refractivity contribution in [2.45, 2.75) is 32.5 Å². The normalized spacial score (nSPS) is 18.0. The number of alkyl halides is 3. The van der Waals surface area contributed by atoms with Gasteiger partial charge in [-0.1, -0.05) is 19.1 Å². The number of benzene rings is 2. The lowest BCUT2D eigenvalue weighted by Crippen LogP contribution is -2.30. The van der Waals surface area contributed by atoms with E-state index >= 15 is 0 Å². The Labute approximate surface area is 162 Å². The molecule has 1 fully saturated rings. The minimum Gasteiger partial charge on any atom is -0.480 e. The summed E-state index contributed by atoms with van der Waals surface area (Å²) in [6.07, 6.45) is -4.47. The second-order valence-corrected chi connectivity index (χ2v) is 7.13. The minimum absolute atomic E-state index is 0.365. The number of hydrogen-bond acceptors (Lipinski definition) is 3. The molecule has 28 heavy (non-hydrogen) atoms. The highest BCUT2D eigenvalue weighted by atomic mass is 19.4. The van der Waals surface area contributed by atoms with Crippen molar-refractivity contribution in [3.63, 3.8) is 0 Å². The molecule has 1 aliphatic heterocycles. The van der Waals surface area contributed by atoms with Gasteiger partial charge in [0.05, 0.1) is 5.56 Å². The topological polar surface area (TPSA) is 41.6 Å². The number of carbonyl (C=O) groups is 1. The largest absolute Gasteiger partial charge is 0.480 e. The van der Waals surface area contributed by atoms with E-state index in [0.29, 0.717) is 11.6 Å². The van der Waals surface area contributed by atoms with Crippen LogP contribution in [0.25, 0.3) is 0 Å². The van der Waals surface area contributed by atoms with Crippen LogP contribution in [0, 0.1) is 5.92 Å². The summed E-state index contributed by atoms with van der Waals surface area (Å²) in [5.41, 5.74) is 0.755. The number of nitrogens with zero attached hydrogens (tertiary/aromatic N) is 1. The molecule has 0 aliphatic carbocycles. The second-order valence-electron chi connectivity index (χ2n) is 7.13. The number of anilines is 2. The third kappa shape index (κ3) is 4.77. The first-order valence-corrected chi connectivity index (χ1v) is 9.23. The SMILES string of the molecule is CC1CCN(c2ccc(NC(=O)C(C)Oc3ccccc3C(F)(F)F)cc2)C1. The van der Waals surface area contributed by atoms with Crippen LogP contribution < -0.4 is 15.0 Å². The maximum absolute atomic E-state index is 13.1. The van der Waals surface area contributed by atoms with E-state index in [4.69, 9.17) is 4.74 Å². The molecule has 2 atom stereocenters. The van der Waals surface area contributed by atoms with Crippen molar-refractivity contribution < 1.29 is 22.7 Å². The first-order chi connectivity index (χ1) is 13.2. The lowest BCUT2D eigenvalue weighted by Gasteiger charge is -2.20. The molecule has 2 unspecified atom stereocenters. The van der Waals surface area contributed by atoms with Gasteiger partial charge in [0.25, 0.3) is 5.91 Å². The summed E-state index contributed by atoms with van der Waals surface area (Å²) in [5, 5.41) is 2.68. The molecule has 1 amide bonds. The van der Waals surface area contributed by atoms with E-state index in [1.807, 2.05) is 12.1 Å². The molecule has 1 saturated heterocycles. The molecule has 4 nitrogen and oxygen atoms in total. The third-order valence-corrected chi connectivity index (χ3v) is 4.79. The number of para-hydroxylation sites is 1. The van der Waals surface area contributed by atoms with Crippen molar-refractivity contribution in [2.24, 2.45) is 5.92 Å². The Hall–Kier alpha value is -2.70. The predicted octanol–water partition coefficient (Wildman–Crippen LogP) is 4.96. The van der Waals surface area contributed by atoms with Gasteiger partial charge in [0.1, 0.15) is 5.75 Å². The molecule has 0 aromatic heterocycles. The molecule has 2 aromatic carbocycles. The van der Waals surface area contributed by atoms with Crippen LogP contribution in [-0.4, -0.2) is 25.1 Å². The average molecular weight is 392 g/mol. The lowest BCUT2D eigenvalue weighted by atomic mass is 10.2. The fourth-order valence-corrected chi connectivity index (χ4v) is 3.22. The number of carbonyl (C=O) groups excluding carboxylic acids is 1. The maximum atomic E-state index is 13.1. The van der Waals surface area contributed by atoms with Crippen LogP contribution in [0.5, 0.6) is 5.75 Å². The molecule has 3 rings (SSSR count). The van der Waals surface area contributed by atoms with Crippen molar-refractivity contribution >= 4 is 17.3 Å². The van der Waals surface area contributed by atoms with Gasteiger partial charge in [-0.2, -0.15) is 13.2 Å². The van der Waals surface area contributed by atoms with Gasteiger partial charge in [0, 0.05) is 24.5 Å². The molecule has 0 spiro atoms. The molecule has 0 bridgehead atoms. The molecule has 7 heteroatoms. The maximum Gasteiger partial charge on any atom is 0.419 e. The van der Waals surface area contributed by atoms with Gasteiger partial charge in [-0.05, 0) is 55.7 Å². The Morgan fingerprint density at radius 3 is 2.46 bits per heavy atom. The van der Waals surface area contributed by atoms with Gasteiger partial charge in [-0.15, -0.1) is 0 Å². The van der Waals surface area contributed by atoms with Gasteiger partial charge in [0.2, 0.25) is 0 Å². The fraction of sp³-hybridized carbons (Fsp3) is 0.381. The number of hydrogen-bond donors (Lipinski definition) is 1. The smallest absolute Gasteiger partial charge is 0.419 e. The van der Waals surface area contributed by atoms with Crippen LogP contribution >= 0.6 is 0 Å². The molecular formula is C21H23F3N2O2. The standard InChI is InChI=1S/C21H23F3N2O2/c1-14-11-12-26(13-14)17-9-7-16(8-10-17)25-20(27)15(2)28-19-6-4-3-5-18(19)21(22,23)24/h3-10,14-15H,11-13H2,1-2H3,(H,25,27). The third-order valence-electron chi connectivity index (χ3n) is 4.79. The summed E-state index contributed by atoms with van der Waals surface area (Å²) in [5.74, 6) is -0.215. The number of halogens is 3. The highest BCUT2D eigenvalue weighted by molar-refractivity contribution is 5.94. The zero-order chi connectivity index (χ0) is 20.3. The second kappa shape index (κ2) is 8.12. The van der Waals surface area contributed by atoms with Crippen LogP contribution in [0.4, 0.5) is 24.5 Å². The van der Waals surface area contributed by atoms with Gasteiger partial charge in [0.15, 0.2) is 6.10 Å². The lowest BCUT2D eigenvalue weighted by molar-refractivity contribution is -0.140. The van der Waals surface area contributed by atoms with Crippen molar-refractivity contribution in [1.29, 1.82) is 0 Å². The molecule has 1 N–H and O–H groups in total. The van der Waals surface area contributed by atoms with Crippen molar-refractivity contribution in [2.75, 3.05) is 23.3 Å². The zero-order valence-corrected chi connectivity index (χ0v) is 15.8. The van der Waals surface area contributed by atoms with E-state index in [2.05, 4.69) is 17.1 Å². The number of amides is 1. The quantitative estimate of drug-likeness (QED) is 0.782. The molecular weight excluding hydrogens is 369 g/mol. The van der Waals surface area contributed by atoms with Crippen LogP contribution in [0.3, 0.4) is 0 Å². The van der Waals surface area contributed by atoms with E-state index < -0.39 is 23.8 Å². The number of rotatable bonds is 5. The highest BCUT2D eigenvalue weighted by Gasteiger charge is 2.34. The highest BCUT2D eigenvalue weighted by Crippen LogP contribution is 2.36. The number of nitrogens with one attached hydrogen (secondary N) is 1. The molecule has 0 saturated carbocycles. The van der Waals surface area contributed by atoms with E-state index in [0.717, 1.165) is 31.3 Å². The van der Waals surface area contributed by atoms with Crippen molar-refractivity contribution in [3.8, 4) is 5.75 Å². The monoisotopic (exact) mass is 392 g/mol. The van der Waals surface area contributed by atoms with Crippen LogP contribution in [0.1, 0.15) is 25.8 Å². The van der Waals surface area contributed by atoms with E-state index in [1.54, 1.807) is 12.1 Å². The van der Waals surface area contributed by atoms with Crippen molar-refractivity contribution in [3.05, 3.63) is 54.1 Å². The van der Waals surface area contributed by atoms with Gasteiger partial charge in [-0.3, -0.25) is 4.79 Å². The summed E-state index contributed by atoms with van der Waals surface area (Å²) in [7, 11) is 0. The van der Waals surface area contributed by atoms with Gasteiger partial charge in [-0.25, -0.2) is 0 Å². The molecule has 1 aliphatic rings. The van der Waals surface area contributed by atoms with E-state index in [1.165, 1.54) is 25.1 Å². The van der Waals surface area contributed by atoms with Crippen LogP contribution in [0.15, 0.2) is 48.5 Å². The summed E-state index contributed by atoms with van der Waals surface area (Å²) < 4.78 is 44.4. The summed E-state index contributed by atoms with van der Waals surface area (Å²) in [4.78, 5) is 14.6. The van der Waals surface area contributed by atoms with Crippen LogP contribution in [-0.2, 0) is 11.0 Å². The number of ether oxygens (including phenoxy) is 1. The minimum atomic E-state index is -4.55. The molecule has 1 heterocycles. The van der Waals surface area contributed by atoms with Gasteiger partial charge >= 0.3 is 6.18 Å². The molecule has 0 radical (unpaired) electrons. The zero-order valence-electron chi connectivity index (χ0n) is 15.8. The van der Waals surface area contributed by atoms with Crippen molar-refractivity contribution in [1.82, 2.24) is 0 Å². The average Bonchev–Trinajstić information content (AvgIpc) is 3.08.